The number of hydrogen-bond donors (Lipinski definition) is 1. The number of amides is 1. The Balaban J connectivity index is 2.19. The average molecular weight is 210 g/mol. The molecule has 1 aromatic heterocycles. The van der Waals surface area contributed by atoms with E-state index in [0.29, 0.717) is 24.5 Å². The number of rotatable bonds is 1. The zero-order valence-corrected chi connectivity index (χ0v) is 8.64. The molecule has 6 heteroatoms. The van der Waals surface area contributed by atoms with Crippen LogP contribution in [0.15, 0.2) is 6.20 Å². The predicted molar refractivity (Wildman–Crippen MR) is 53.8 cm³/mol. The number of nitrogen functional groups attached to an aromatic ring is 1. The number of nitrogens with zero attached hydrogens (tertiary/aromatic N) is 3. The number of hydrogen-bond acceptors (Lipinski definition) is 4. The van der Waals surface area contributed by atoms with Gasteiger partial charge in [-0.2, -0.15) is 5.10 Å². The van der Waals surface area contributed by atoms with E-state index < -0.39 is 0 Å². The van der Waals surface area contributed by atoms with Crippen LogP contribution >= 0.6 is 0 Å². The molecule has 15 heavy (non-hydrogen) atoms. The SMILES string of the molecule is Cn1ncc(N)c1C(=O)N1CCCCO1. The van der Waals surface area contributed by atoms with Crippen molar-refractivity contribution in [1.29, 1.82) is 0 Å². The van der Waals surface area contributed by atoms with Gasteiger partial charge in [-0.05, 0) is 12.8 Å². The average Bonchev–Trinajstić information content (AvgIpc) is 2.59. The number of hydroxylamine groups is 2. The van der Waals surface area contributed by atoms with Gasteiger partial charge in [0, 0.05) is 13.6 Å². The molecule has 0 aliphatic carbocycles. The molecule has 0 spiro atoms. The lowest BCUT2D eigenvalue weighted by Gasteiger charge is -2.25. The first-order valence-electron chi connectivity index (χ1n) is 4.92. The largest absolute Gasteiger partial charge is 0.396 e. The number of aryl methyl sites for hydroxylation is 1. The molecular formula is C9H14N4O2. The van der Waals surface area contributed by atoms with Crippen LogP contribution in [0.3, 0.4) is 0 Å². The van der Waals surface area contributed by atoms with Crippen LogP contribution in [0.5, 0.6) is 0 Å². The molecule has 0 unspecified atom stereocenters. The summed E-state index contributed by atoms with van der Waals surface area (Å²) in [6, 6.07) is 0. The zero-order valence-electron chi connectivity index (χ0n) is 8.64. The fourth-order valence-electron chi connectivity index (χ4n) is 1.59. The van der Waals surface area contributed by atoms with Gasteiger partial charge in [0.25, 0.3) is 5.91 Å². The molecule has 0 saturated carbocycles. The maximum absolute atomic E-state index is 12.0. The lowest BCUT2D eigenvalue weighted by Crippen LogP contribution is -2.37. The fourth-order valence-corrected chi connectivity index (χ4v) is 1.59. The van der Waals surface area contributed by atoms with Crippen molar-refractivity contribution < 1.29 is 9.63 Å². The Morgan fingerprint density at radius 2 is 2.40 bits per heavy atom. The molecule has 0 radical (unpaired) electrons. The number of carbonyl (C=O) groups excluding carboxylic acids is 1. The highest BCUT2D eigenvalue weighted by Gasteiger charge is 2.24. The summed E-state index contributed by atoms with van der Waals surface area (Å²) in [6.45, 7) is 1.20. The molecule has 2 N–H and O–H groups in total. The molecule has 1 amide bonds. The topological polar surface area (TPSA) is 73.4 Å². The van der Waals surface area contributed by atoms with Crippen molar-refractivity contribution in [2.24, 2.45) is 7.05 Å². The van der Waals surface area contributed by atoms with Crippen molar-refractivity contribution in [1.82, 2.24) is 14.8 Å². The van der Waals surface area contributed by atoms with Gasteiger partial charge in [0.2, 0.25) is 0 Å². The summed E-state index contributed by atoms with van der Waals surface area (Å²) in [5.74, 6) is -0.216. The van der Waals surface area contributed by atoms with Gasteiger partial charge in [0.1, 0.15) is 0 Å². The van der Waals surface area contributed by atoms with Gasteiger partial charge in [0.15, 0.2) is 5.69 Å². The first-order chi connectivity index (χ1) is 7.20. The van der Waals surface area contributed by atoms with Crippen molar-refractivity contribution in [2.45, 2.75) is 12.8 Å². The zero-order chi connectivity index (χ0) is 10.8. The van der Waals surface area contributed by atoms with E-state index in [-0.39, 0.29) is 5.91 Å². The van der Waals surface area contributed by atoms with Crippen LogP contribution in [0.2, 0.25) is 0 Å². The lowest BCUT2D eigenvalue weighted by molar-refractivity contribution is -0.144. The van der Waals surface area contributed by atoms with Crippen molar-refractivity contribution in [3.63, 3.8) is 0 Å². The van der Waals surface area contributed by atoms with Gasteiger partial charge in [-0.1, -0.05) is 0 Å². The monoisotopic (exact) mass is 210 g/mol. The highest BCUT2D eigenvalue weighted by Crippen LogP contribution is 2.15. The molecule has 1 aliphatic rings. The van der Waals surface area contributed by atoms with E-state index in [2.05, 4.69) is 5.10 Å². The molecular weight excluding hydrogens is 196 g/mol. The van der Waals surface area contributed by atoms with Crippen molar-refractivity contribution >= 4 is 11.6 Å². The predicted octanol–water partition coefficient (Wildman–Crippen LogP) is 0.170. The molecule has 82 valence electrons. The van der Waals surface area contributed by atoms with E-state index in [0.717, 1.165) is 12.8 Å². The normalized spacial score (nSPS) is 16.7. The first-order valence-corrected chi connectivity index (χ1v) is 4.92. The molecule has 0 atom stereocenters. The molecule has 1 fully saturated rings. The van der Waals surface area contributed by atoms with Crippen molar-refractivity contribution in [2.75, 3.05) is 18.9 Å². The molecule has 1 saturated heterocycles. The van der Waals surface area contributed by atoms with Crippen LogP contribution in [-0.2, 0) is 11.9 Å². The summed E-state index contributed by atoms with van der Waals surface area (Å²) in [7, 11) is 1.69. The van der Waals surface area contributed by atoms with E-state index in [9.17, 15) is 4.79 Å². The van der Waals surface area contributed by atoms with E-state index in [1.165, 1.54) is 15.9 Å². The van der Waals surface area contributed by atoms with E-state index in [1.807, 2.05) is 0 Å². The van der Waals surface area contributed by atoms with Crippen LogP contribution < -0.4 is 5.73 Å². The van der Waals surface area contributed by atoms with E-state index >= 15 is 0 Å². The standard InChI is InChI=1S/C9H14N4O2/c1-12-8(7(10)6-11-12)9(14)13-4-2-3-5-15-13/h6H,2-5,10H2,1H3. The minimum atomic E-state index is -0.216. The smallest absolute Gasteiger partial charge is 0.297 e. The van der Waals surface area contributed by atoms with Gasteiger partial charge in [-0.3, -0.25) is 14.3 Å². The Hall–Kier alpha value is -1.56. The van der Waals surface area contributed by atoms with Gasteiger partial charge >= 0.3 is 0 Å². The molecule has 1 aromatic rings. The summed E-state index contributed by atoms with van der Waals surface area (Å²) in [6.07, 6.45) is 3.42. The quantitative estimate of drug-likeness (QED) is 0.717. The fraction of sp³-hybridized carbons (Fsp3) is 0.556. The van der Waals surface area contributed by atoms with Crippen LogP contribution in [0.1, 0.15) is 23.3 Å². The van der Waals surface area contributed by atoms with E-state index in [1.54, 1.807) is 7.05 Å². The molecule has 0 aromatic carbocycles. The third-order valence-corrected chi connectivity index (χ3v) is 2.40. The van der Waals surface area contributed by atoms with Crippen LogP contribution in [0.4, 0.5) is 5.69 Å². The Morgan fingerprint density at radius 1 is 1.60 bits per heavy atom. The minimum Gasteiger partial charge on any atom is -0.396 e. The van der Waals surface area contributed by atoms with Crippen LogP contribution in [0.25, 0.3) is 0 Å². The highest BCUT2D eigenvalue weighted by molar-refractivity contribution is 5.96. The summed E-state index contributed by atoms with van der Waals surface area (Å²) >= 11 is 0. The third-order valence-electron chi connectivity index (χ3n) is 2.40. The summed E-state index contributed by atoms with van der Waals surface area (Å²) in [5.41, 5.74) is 6.43. The number of carbonyl (C=O) groups is 1. The van der Waals surface area contributed by atoms with Crippen molar-refractivity contribution in [3.8, 4) is 0 Å². The Bertz CT molecular complexity index is 349. The summed E-state index contributed by atoms with van der Waals surface area (Å²) < 4.78 is 1.47. The van der Waals surface area contributed by atoms with Crippen molar-refractivity contribution in [3.05, 3.63) is 11.9 Å². The summed E-state index contributed by atoms with van der Waals surface area (Å²) in [5, 5.41) is 5.28. The highest BCUT2D eigenvalue weighted by atomic mass is 16.7. The number of aromatic nitrogens is 2. The third kappa shape index (κ3) is 1.80. The number of anilines is 1. The molecule has 1 aliphatic heterocycles. The second-order valence-corrected chi connectivity index (χ2v) is 3.52. The van der Waals surface area contributed by atoms with Gasteiger partial charge in [-0.25, -0.2) is 5.06 Å². The Labute approximate surface area is 87.6 Å². The van der Waals surface area contributed by atoms with Gasteiger partial charge < -0.3 is 5.73 Å². The molecule has 2 rings (SSSR count). The second-order valence-electron chi connectivity index (χ2n) is 3.52. The Kier molecular flexibility index (Phi) is 2.59. The maximum atomic E-state index is 12.0. The minimum absolute atomic E-state index is 0.216. The second kappa shape index (κ2) is 3.90. The van der Waals surface area contributed by atoms with Crippen LogP contribution in [0, 0.1) is 0 Å². The van der Waals surface area contributed by atoms with Crippen LogP contribution in [-0.4, -0.2) is 33.9 Å². The number of nitrogens with two attached hydrogens (primary N) is 1. The molecule has 2 heterocycles. The molecule has 6 nitrogen and oxygen atoms in total. The first kappa shape index (κ1) is 9.97. The van der Waals surface area contributed by atoms with Gasteiger partial charge in [-0.15, -0.1) is 0 Å². The Morgan fingerprint density at radius 3 is 2.93 bits per heavy atom. The maximum Gasteiger partial charge on any atom is 0.297 e. The summed E-state index contributed by atoms with van der Waals surface area (Å²) in [4.78, 5) is 17.2. The van der Waals surface area contributed by atoms with Gasteiger partial charge in [0.05, 0.1) is 18.5 Å². The lowest BCUT2D eigenvalue weighted by atomic mass is 10.2. The van der Waals surface area contributed by atoms with E-state index in [4.69, 9.17) is 10.6 Å². The molecule has 0 bridgehead atoms.